The smallest absolute Gasteiger partial charge is 0.237 e. The summed E-state index contributed by atoms with van der Waals surface area (Å²) in [5, 5.41) is 6.47. The number of likely N-dealkylation sites (tertiary alicyclic amines) is 1. The number of carbonyl (C=O) groups is 1. The minimum absolute atomic E-state index is 0.0848. The Balaban J connectivity index is 1.33. The first-order chi connectivity index (χ1) is 15.7. The summed E-state index contributed by atoms with van der Waals surface area (Å²) in [6.07, 6.45) is 0.802. The molecule has 1 saturated heterocycles. The van der Waals surface area contributed by atoms with Gasteiger partial charge in [0.2, 0.25) is 5.91 Å². The number of likely N-dealkylation sites (N-methyl/N-ethyl adjacent to an activating group) is 1. The summed E-state index contributed by atoms with van der Waals surface area (Å²) in [5.74, 6) is 0.954. The van der Waals surface area contributed by atoms with Crippen LogP contribution in [0.1, 0.15) is 23.1 Å². The molecular formula is C27H31N3O2. The summed E-state index contributed by atoms with van der Waals surface area (Å²) in [5.41, 5.74) is 3.56. The van der Waals surface area contributed by atoms with Gasteiger partial charge in [-0.3, -0.25) is 9.69 Å². The summed E-state index contributed by atoms with van der Waals surface area (Å²) >= 11 is 0. The molecule has 1 fully saturated rings. The van der Waals surface area contributed by atoms with E-state index in [4.69, 9.17) is 4.74 Å². The number of nitrogens with one attached hydrogen (secondary N) is 2. The van der Waals surface area contributed by atoms with Crippen LogP contribution in [0.2, 0.25) is 0 Å². The Morgan fingerprint density at radius 1 is 0.938 bits per heavy atom. The van der Waals surface area contributed by atoms with Crippen LogP contribution in [-0.2, 0) is 24.5 Å². The summed E-state index contributed by atoms with van der Waals surface area (Å²) < 4.78 is 5.96. The molecule has 3 aromatic carbocycles. The molecule has 0 spiro atoms. The van der Waals surface area contributed by atoms with E-state index in [1.807, 2.05) is 48.5 Å². The molecular weight excluding hydrogens is 398 g/mol. The summed E-state index contributed by atoms with van der Waals surface area (Å²) in [6, 6.07) is 28.9. The van der Waals surface area contributed by atoms with Gasteiger partial charge in [0.15, 0.2) is 0 Å². The molecule has 32 heavy (non-hydrogen) atoms. The van der Waals surface area contributed by atoms with Gasteiger partial charge in [-0.15, -0.1) is 0 Å². The molecule has 0 radical (unpaired) electrons. The number of ether oxygens (including phenoxy) is 1. The second-order valence-electron chi connectivity index (χ2n) is 8.28. The van der Waals surface area contributed by atoms with Crippen molar-refractivity contribution in [1.82, 2.24) is 15.5 Å². The van der Waals surface area contributed by atoms with Crippen LogP contribution in [0, 0.1) is 0 Å². The van der Waals surface area contributed by atoms with Gasteiger partial charge in [-0.2, -0.15) is 0 Å². The number of rotatable bonds is 9. The molecule has 0 aliphatic carbocycles. The Kier molecular flexibility index (Phi) is 7.54. The molecule has 2 N–H and O–H groups in total. The van der Waals surface area contributed by atoms with Crippen LogP contribution in [0.3, 0.4) is 0 Å². The van der Waals surface area contributed by atoms with Crippen LogP contribution in [0.5, 0.6) is 5.75 Å². The van der Waals surface area contributed by atoms with Gasteiger partial charge < -0.3 is 15.4 Å². The third-order valence-corrected chi connectivity index (χ3v) is 5.92. The van der Waals surface area contributed by atoms with Crippen molar-refractivity contribution >= 4 is 5.91 Å². The number of nitrogens with zero attached hydrogens (tertiary/aromatic N) is 1. The molecule has 0 aromatic heterocycles. The van der Waals surface area contributed by atoms with Crippen LogP contribution in [-0.4, -0.2) is 36.5 Å². The standard InChI is InChI=1S/C27H31N3O2/c1-28-27(31)26-16-24(19-30(26)18-21-9-4-2-5-10-21)29-17-23-13-8-14-25(15-23)32-20-22-11-6-3-7-12-22/h2-15,24,26,29H,16-20H2,1H3,(H,28,31)/t24-,26+/m1/s1. The molecule has 1 aliphatic heterocycles. The summed E-state index contributed by atoms with van der Waals surface area (Å²) in [4.78, 5) is 14.7. The van der Waals surface area contributed by atoms with Crippen LogP contribution in [0.25, 0.3) is 0 Å². The third-order valence-electron chi connectivity index (χ3n) is 5.92. The lowest BCUT2D eigenvalue weighted by Crippen LogP contribution is -2.41. The molecule has 0 unspecified atom stereocenters. The Morgan fingerprint density at radius 3 is 2.34 bits per heavy atom. The SMILES string of the molecule is CNC(=O)[C@@H]1C[C@@H](NCc2cccc(OCc3ccccc3)c2)CN1Cc1ccccc1. The largest absolute Gasteiger partial charge is 0.489 e. The number of benzene rings is 3. The highest BCUT2D eigenvalue weighted by Crippen LogP contribution is 2.22. The number of hydrogen-bond donors (Lipinski definition) is 2. The molecule has 2 atom stereocenters. The highest BCUT2D eigenvalue weighted by Gasteiger charge is 2.35. The molecule has 5 nitrogen and oxygen atoms in total. The third kappa shape index (κ3) is 5.96. The predicted octanol–water partition coefficient (Wildman–Crippen LogP) is 3.74. The Morgan fingerprint density at radius 2 is 1.62 bits per heavy atom. The van der Waals surface area contributed by atoms with Crippen molar-refractivity contribution in [2.75, 3.05) is 13.6 Å². The van der Waals surface area contributed by atoms with E-state index >= 15 is 0 Å². The summed E-state index contributed by atoms with van der Waals surface area (Å²) in [7, 11) is 1.71. The van der Waals surface area contributed by atoms with Crippen molar-refractivity contribution in [3.05, 3.63) is 102 Å². The van der Waals surface area contributed by atoms with Crippen LogP contribution in [0.4, 0.5) is 0 Å². The average Bonchev–Trinajstić information content (AvgIpc) is 3.25. The maximum absolute atomic E-state index is 12.5. The predicted molar refractivity (Wildman–Crippen MR) is 127 cm³/mol. The first-order valence-corrected chi connectivity index (χ1v) is 11.2. The molecule has 3 aromatic rings. The second-order valence-corrected chi connectivity index (χ2v) is 8.28. The van der Waals surface area contributed by atoms with Crippen LogP contribution in [0.15, 0.2) is 84.9 Å². The fraction of sp³-hybridized carbons (Fsp3) is 0.296. The Hall–Kier alpha value is -3.15. The number of carbonyl (C=O) groups excluding carboxylic acids is 1. The maximum atomic E-state index is 12.5. The first-order valence-electron chi connectivity index (χ1n) is 11.2. The number of amides is 1. The van der Waals surface area contributed by atoms with E-state index in [2.05, 4.69) is 51.9 Å². The van der Waals surface area contributed by atoms with E-state index in [0.29, 0.717) is 6.61 Å². The Bertz CT molecular complexity index is 994. The van der Waals surface area contributed by atoms with Gasteiger partial charge in [0.25, 0.3) is 0 Å². The van der Waals surface area contributed by atoms with E-state index in [1.54, 1.807) is 7.05 Å². The van der Waals surface area contributed by atoms with Gasteiger partial charge in [-0.05, 0) is 35.2 Å². The van der Waals surface area contributed by atoms with E-state index in [-0.39, 0.29) is 18.0 Å². The lowest BCUT2D eigenvalue weighted by atomic mass is 10.1. The Labute approximate surface area is 190 Å². The van der Waals surface area contributed by atoms with Crippen molar-refractivity contribution in [2.24, 2.45) is 0 Å². The van der Waals surface area contributed by atoms with E-state index in [9.17, 15) is 4.79 Å². The molecule has 1 aliphatic rings. The molecule has 0 bridgehead atoms. The van der Waals surface area contributed by atoms with Gasteiger partial charge >= 0.3 is 0 Å². The quantitative estimate of drug-likeness (QED) is 0.544. The minimum atomic E-state index is -0.113. The molecule has 1 heterocycles. The van der Waals surface area contributed by atoms with Crippen molar-refractivity contribution in [2.45, 2.75) is 38.2 Å². The zero-order valence-electron chi connectivity index (χ0n) is 18.5. The molecule has 0 saturated carbocycles. The topological polar surface area (TPSA) is 53.6 Å². The van der Waals surface area contributed by atoms with E-state index < -0.39 is 0 Å². The fourth-order valence-electron chi connectivity index (χ4n) is 4.23. The fourth-order valence-corrected chi connectivity index (χ4v) is 4.23. The molecule has 5 heteroatoms. The van der Waals surface area contributed by atoms with E-state index in [1.165, 1.54) is 11.1 Å². The lowest BCUT2D eigenvalue weighted by Gasteiger charge is -2.22. The highest BCUT2D eigenvalue weighted by molar-refractivity contribution is 5.81. The van der Waals surface area contributed by atoms with Crippen molar-refractivity contribution < 1.29 is 9.53 Å². The molecule has 4 rings (SSSR count). The monoisotopic (exact) mass is 429 g/mol. The summed E-state index contributed by atoms with van der Waals surface area (Å²) in [6.45, 7) is 2.92. The zero-order valence-corrected chi connectivity index (χ0v) is 18.5. The van der Waals surface area contributed by atoms with Crippen molar-refractivity contribution in [3.8, 4) is 5.75 Å². The van der Waals surface area contributed by atoms with Crippen molar-refractivity contribution in [3.63, 3.8) is 0 Å². The number of hydrogen-bond acceptors (Lipinski definition) is 4. The maximum Gasteiger partial charge on any atom is 0.237 e. The second kappa shape index (κ2) is 10.9. The normalized spacial score (nSPS) is 18.4. The average molecular weight is 430 g/mol. The van der Waals surface area contributed by atoms with E-state index in [0.717, 1.165) is 37.4 Å². The lowest BCUT2D eigenvalue weighted by molar-refractivity contribution is -0.125. The first kappa shape index (κ1) is 22.1. The van der Waals surface area contributed by atoms with Crippen molar-refractivity contribution in [1.29, 1.82) is 0 Å². The molecule has 1 amide bonds. The highest BCUT2D eigenvalue weighted by atomic mass is 16.5. The van der Waals surface area contributed by atoms with Gasteiger partial charge in [0, 0.05) is 32.7 Å². The molecule has 166 valence electrons. The zero-order chi connectivity index (χ0) is 22.2. The van der Waals surface area contributed by atoms with Gasteiger partial charge in [-0.25, -0.2) is 0 Å². The van der Waals surface area contributed by atoms with Gasteiger partial charge in [0.1, 0.15) is 12.4 Å². The minimum Gasteiger partial charge on any atom is -0.489 e. The van der Waals surface area contributed by atoms with Gasteiger partial charge in [0.05, 0.1) is 6.04 Å². The van der Waals surface area contributed by atoms with Crippen LogP contribution < -0.4 is 15.4 Å². The van der Waals surface area contributed by atoms with Crippen LogP contribution >= 0.6 is 0 Å². The van der Waals surface area contributed by atoms with Gasteiger partial charge in [-0.1, -0.05) is 72.8 Å².